The SMILES string of the molecule is CCCCCCCCCCCCCCCCCCN.C[Si](O)(O)O. The van der Waals surface area contributed by atoms with Crippen molar-refractivity contribution in [2.75, 3.05) is 6.54 Å². The molecule has 0 radical (unpaired) electrons. The molecular formula is C19H45NO3Si. The lowest BCUT2D eigenvalue weighted by molar-refractivity contribution is 0.239. The Balaban J connectivity index is 0. The highest BCUT2D eigenvalue weighted by Gasteiger charge is 2.14. The molecule has 4 nitrogen and oxygen atoms in total. The first-order valence-electron chi connectivity index (χ1n) is 10.3. The summed E-state index contributed by atoms with van der Waals surface area (Å²) in [5, 5.41) is 0. The lowest BCUT2D eigenvalue weighted by atomic mass is 10.0. The van der Waals surface area contributed by atoms with E-state index in [1.54, 1.807) is 0 Å². The molecule has 0 heterocycles. The molecule has 0 bridgehead atoms. The minimum atomic E-state index is -3.61. The number of unbranched alkanes of at least 4 members (excludes halogenated alkanes) is 15. The second-order valence-electron chi connectivity index (χ2n) is 7.06. The molecule has 0 unspecified atom stereocenters. The summed E-state index contributed by atoms with van der Waals surface area (Å²) in [5.41, 5.74) is 5.48. The Kier molecular flexibility index (Phi) is 23.1. The van der Waals surface area contributed by atoms with Gasteiger partial charge in [-0.25, -0.2) is 0 Å². The summed E-state index contributed by atoms with van der Waals surface area (Å²) < 4.78 is 0. The van der Waals surface area contributed by atoms with Gasteiger partial charge in [0.25, 0.3) is 0 Å². The molecule has 0 fully saturated rings. The number of rotatable bonds is 16. The Morgan fingerprint density at radius 2 is 0.750 bits per heavy atom. The third kappa shape index (κ3) is 37.9. The average Bonchev–Trinajstić information content (AvgIpc) is 2.49. The molecule has 0 aliphatic carbocycles. The number of nitrogens with two attached hydrogens (primary N) is 1. The van der Waals surface area contributed by atoms with Gasteiger partial charge in [0.2, 0.25) is 0 Å². The predicted molar refractivity (Wildman–Crippen MR) is 107 cm³/mol. The van der Waals surface area contributed by atoms with E-state index in [-0.39, 0.29) is 0 Å². The van der Waals surface area contributed by atoms with Crippen molar-refractivity contribution in [3.8, 4) is 0 Å². The molecule has 0 aromatic heterocycles. The van der Waals surface area contributed by atoms with Gasteiger partial charge in [0.05, 0.1) is 0 Å². The van der Waals surface area contributed by atoms with Gasteiger partial charge in [-0.05, 0) is 13.0 Å². The van der Waals surface area contributed by atoms with Crippen molar-refractivity contribution in [1.82, 2.24) is 0 Å². The molecule has 5 heteroatoms. The van der Waals surface area contributed by atoms with E-state index in [1.807, 2.05) is 0 Å². The zero-order valence-corrected chi connectivity index (χ0v) is 17.4. The Labute approximate surface area is 152 Å². The van der Waals surface area contributed by atoms with E-state index in [0.29, 0.717) is 0 Å². The van der Waals surface area contributed by atoms with Crippen LogP contribution in [0.25, 0.3) is 0 Å². The molecule has 0 rings (SSSR count). The Hall–Kier alpha value is 0.0569. The van der Waals surface area contributed by atoms with Gasteiger partial charge in [0, 0.05) is 6.55 Å². The van der Waals surface area contributed by atoms with Crippen molar-refractivity contribution in [2.24, 2.45) is 5.73 Å². The molecule has 24 heavy (non-hydrogen) atoms. The fourth-order valence-corrected chi connectivity index (χ4v) is 2.69. The van der Waals surface area contributed by atoms with Crippen molar-refractivity contribution in [2.45, 2.75) is 116 Å². The maximum Gasteiger partial charge on any atom is 0.489 e. The first-order chi connectivity index (χ1) is 11.4. The van der Waals surface area contributed by atoms with Crippen LogP contribution in [0.15, 0.2) is 0 Å². The predicted octanol–water partition coefficient (Wildman–Crippen LogP) is 4.74. The van der Waals surface area contributed by atoms with E-state index >= 15 is 0 Å². The van der Waals surface area contributed by atoms with Gasteiger partial charge in [0.15, 0.2) is 0 Å². The van der Waals surface area contributed by atoms with Crippen LogP contribution in [0, 0.1) is 0 Å². The Morgan fingerprint density at radius 3 is 0.958 bits per heavy atom. The Morgan fingerprint density at radius 1 is 0.542 bits per heavy atom. The van der Waals surface area contributed by atoms with E-state index in [9.17, 15) is 0 Å². The van der Waals surface area contributed by atoms with Crippen molar-refractivity contribution in [3.63, 3.8) is 0 Å². The fourth-order valence-electron chi connectivity index (χ4n) is 2.69. The van der Waals surface area contributed by atoms with Crippen LogP contribution in [-0.2, 0) is 0 Å². The molecule has 0 saturated carbocycles. The first-order valence-corrected chi connectivity index (χ1v) is 12.6. The van der Waals surface area contributed by atoms with Crippen molar-refractivity contribution < 1.29 is 14.4 Å². The highest BCUT2D eigenvalue weighted by atomic mass is 28.4. The molecule has 0 aromatic rings. The summed E-state index contributed by atoms with van der Waals surface area (Å²) in [4.78, 5) is 23.3. The van der Waals surface area contributed by atoms with E-state index in [1.165, 1.54) is 103 Å². The van der Waals surface area contributed by atoms with Crippen molar-refractivity contribution in [3.05, 3.63) is 0 Å². The highest BCUT2D eigenvalue weighted by molar-refractivity contribution is 6.54. The quantitative estimate of drug-likeness (QED) is 0.236. The topological polar surface area (TPSA) is 86.7 Å². The van der Waals surface area contributed by atoms with Gasteiger partial charge >= 0.3 is 8.80 Å². The van der Waals surface area contributed by atoms with Gasteiger partial charge in [0.1, 0.15) is 0 Å². The lowest BCUT2D eigenvalue weighted by Crippen LogP contribution is -2.28. The summed E-state index contributed by atoms with van der Waals surface area (Å²) in [7, 11) is -3.61. The smallest absolute Gasteiger partial charge is 0.390 e. The second kappa shape index (κ2) is 21.1. The number of hydrogen-bond acceptors (Lipinski definition) is 4. The van der Waals surface area contributed by atoms with Crippen LogP contribution in [0.2, 0.25) is 6.55 Å². The van der Waals surface area contributed by atoms with Crippen LogP contribution in [0.5, 0.6) is 0 Å². The molecule has 0 spiro atoms. The second-order valence-corrected chi connectivity index (χ2v) is 9.00. The minimum absolute atomic E-state index is 0.873. The zero-order valence-electron chi connectivity index (χ0n) is 16.4. The monoisotopic (exact) mass is 363 g/mol. The summed E-state index contributed by atoms with van der Waals surface area (Å²) in [6, 6.07) is 0. The maximum atomic E-state index is 7.77. The molecule has 0 aliphatic heterocycles. The normalized spacial score (nSPS) is 11.2. The summed E-state index contributed by atoms with van der Waals surface area (Å²) >= 11 is 0. The summed E-state index contributed by atoms with van der Waals surface area (Å²) in [5.74, 6) is 0. The first kappa shape index (κ1) is 26.3. The maximum absolute atomic E-state index is 7.77. The van der Waals surface area contributed by atoms with E-state index in [2.05, 4.69) is 6.92 Å². The van der Waals surface area contributed by atoms with Gasteiger partial charge in [-0.15, -0.1) is 0 Å². The van der Waals surface area contributed by atoms with Gasteiger partial charge < -0.3 is 20.1 Å². The lowest BCUT2D eigenvalue weighted by Gasteiger charge is -2.03. The average molecular weight is 364 g/mol. The molecule has 0 aromatic carbocycles. The van der Waals surface area contributed by atoms with Crippen molar-refractivity contribution in [1.29, 1.82) is 0 Å². The van der Waals surface area contributed by atoms with Crippen LogP contribution in [0.4, 0.5) is 0 Å². The summed E-state index contributed by atoms with van der Waals surface area (Å²) in [6.45, 7) is 4.16. The van der Waals surface area contributed by atoms with Gasteiger partial charge in [-0.2, -0.15) is 0 Å². The molecule has 0 amide bonds. The standard InChI is InChI=1S/C18H39N.CH6O3Si/c1-2-3-4-5-6-7-8-9-10-11-12-13-14-15-16-17-18-19;1-5(2,3)4/h2-19H2,1H3;2-4H,1H3. The molecule has 148 valence electrons. The molecule has 0 atom stereocenters. The third-order valence-corrected chi connectivity index (χ3v) is 4.06. The Bertz CT molecular complexity index is 201. The van der Waals surface area contributed by atoms with Gasteiger partial charge in [-0.1, -0.05) is 103 Å². The molecule has 0 saturated heterocycles. The van der Waals surface area contributed by atoms with E-state index in [0.717, 1.165) is 13.1 Å². The number of hydrogen-bond donors (Lipinski definition) is 4. The van der Waals surface area contributed by atoms with Crippen LogP contribution >= 0.6 is 0 Å². The minimum Gasteiger partial charge on any atom is -0.390 e. The van der Waals surface area contributed by atoms with E-state index < -0.39 is 8.80 Å². The molecule has 0 aliphatic rings. The van der Waals surface area contributed by atoms with E-state index in [4.69, 9.17) is 20.1 Å². The van der Waals surface area contributed by atoms with Crippen LogP contribution in [0.1, 0.15) is 110 Å². The van der Waals surface area contributed by atoms with Crippen LogP contribution in [0.3, 0.4) is 0 Å². The third-order valence-electron chi connectivity index (χ3n) is 4.06. The van der Waals surface area contributed by atoms with Gasteiger partial charge in [-0.3, -0.25) is 0 Å². The molecular weight excluding hydrogens is 318 g/mol. The molecule has 5 N–H and O–H groups in total. The van der Waals surface area contributed by atoms with Crippen molar-refractivity contribution >= 4 is 8.80 Å². The fraction of sp³-hybridized carbons (Fsp3) is 1.00. The largest absolute Gasteiger partial charge is 0.489 e. The highest BCUT2D eigenvalue weighted by Crippen LogP contribution is 2.13. The summed E-state index contributed by atoms with van der Waals surface area (Å²) in [6.07, 6.45) is 22.9. The zero-order chi connectivity index (χ0) is 18.5. The van der Waals surface area contributed by atoms with Crippen LogP contribution < -0.4 is 5.73 Å². The van der Waals surface area contributed by atoms with Crippen LogP contribution in [-0.4, -0.2) is 29.7 Å².